The summed E-state index contributed by atoms with van der Waals surface area (Å²) in [6, 6.07) is 7.72. The summed E-state index contributed by atoms with van der Waals surface area (Å²) in [6.07, 6.45) is 0. The minimum atomic E-state index is -1.26. The Bertz CT molecular complexity index is 269. The van der Waals surface area contributed by atoms with Crippen molar-refractivity contribution in [3.63, 3.8) is 0 Å². The van der Waals surface area contributed by atoms with Crippen molar-refractivity contribution >= 4 is 22.6 Å². The molecule has 0 saturated carbocycles. The van der Waals surface area contributed by atoms with Crippen molar-refractivity contribution in [2.24, 2.45) is 0 Å². The molecule has 0 amide bonds. The SMILES string of the molecule is CC(C)c1ccc([C@@](C)(F)I)cc1. The van der Waals surface area contributed by atoms with Crippen LogP contribution in [0, 0.1) is 0 Å². The average Bonchev–Trinajstić information content (AvgIpc) is 2.03. The van der Waals surface area contributed by atoms with E-state index in [2.05, 4.69) is 13.8 Å². The molecule has 0 bridgehead atoms. The topological polar surface area (TPSA) is 0 Å². The molecule has 0 nitrogen and oxygen atoms in total. The van der Waals surface area contributed by atoms with Crippen molar-refractivity contribution in [2.75, 3.05) is 0 Å². The van der Waals surface area contributed by atoms with E-state index in [0.717, 1.165) is 5.56 Å². The Morgan fingerprint density at radius 1 is 1.23 bits per heavy atom. The molecule has 0 aliphatic rings. The molecule has 1 atom stereocenters. The lowest BCUT2D eigenvalue weighted by Gasteiger charge is -2.13. The Morgan fingerprint density at radius 2 is 1.69 bits per heavy atom. The van der Waals surface area contributed by atoms with Crippen molar-refractivity contribution in [2.45, 2.75) is 30.4 Å². The van der Waals surface area contributed by atoms with E-state index < -0.39 is 3.68 Å². The molecule has 2 heteroatoms. The molecule has 0 saturated heterocycles. The highest BCUT2D eigenvalue weighted by molar-refractivity contribution is 14.1. The molecule has 0 unspecified atom stereocenters. The smallest absolute Gasteiger partial charge is 0.183 e. The van der Waals surface area contributed by atoms with Gasteiger partial charge >= 0.3 is 0 Å². The highest BCUT2D eigenvalue weighted by atomic mass is 127. The molecule has 0 radical (unpaired) electrons. The first-order valence-electron chi connectivity index (χ1n) is 4.39. The maximum absolute atomic E-state index is 13.4. The van der Waals surface area contributed by atoms with E-state index in [9.17, 15) is 4.39 Å². The molecule has 1 aromatic carbocycles. The van der Waals surface area contributed by atoms with E-state index in [1.165, 1.54) is 5.56 Å². The van der Waals surface area contributed by atoms with E-state index in [1.54, 1.807) is 29.5 Å². The van der Waals surface area contributed by atoms with Crippen LogP contribution in [0.4, 0.5) is 4.39 Å². The van der Waals surface area contributed by atoms with Gasteiger partial charge in [-0.05, 0) is 46.6 Å². The lowest BCUT2D eigenvalue weighted by atomic mass is 10.0. The largest absolute Gasteiger partial charge is 0.227 e. The van der Waals surface area contributed by atoms with Crippen molar-refractivity contribution in [1.29, 1.82) is 0 Å². The van der Waals surface area contributed by atoms with Gasteiger partial charge in [-0.25, -0.2) is 4.39 Å². The van der Waals surface area contributed by atoms with E-state index >= 15 is 0 Å². The molecule has 0 spiro atoms. The van der Waals surface area contributed by atoms with Crippen LogP contribution >= 0.6 is 22.6 Å². The number of alkyl halides is 2. The van der Waals surface area contributed by atoms with E-state index in [4.69, 9.17) is 0 Å². The molecule has 0 heterocycles. The quantitative estimate of drug-likeness (QED) is 0.560. The molecule has 1 aromatic rings. The van der Waals surface area contributed by atoms with Crippen LogP contribution in [0.25, 0.3) is 0 Å². The molecule has 0 N–H and O–H groups in total. The van der Waals surface area contributed by atoms with Gasteiger partial charge in [0.25, 0.3) is 0 Å². The van der Waals surface area contributed by atoms with E-state index in [1.807, 2.05) is 24.3 Å². The summed E-state index contributed by atoms with van der Waals surface area (Å²) >= 11 is 1.80. The fourth-order valence-electron chi connectivity index (χ4n) is 1.16. The van der Waals surface area contributed by atoms with Gasteiger partial charge in [-0.15, -0.1) is 0 Å². The van der Waals surface area contributed by atoms with Gasteiger partial charge in [0.15, 0.2) is 3.68 Å². The van der Waals surface area contributed by atoms with Gasteiger partial charge in [0.2, 0.25) is 0 Å². The third-order valence-corrected chi connectivity index (χ3v) is 2.71. The van der Waals surface area contributed by atoms with Gasteiger partial charge in [0, 0.05) is 0 Å². The normalized spacial score (nSPS) is 15.8. The van der Waals surface area contributed by atoms with Crippen LogP contribution in [-0.2, 0) is 3.68 Å². The van der Waals surface area contributed by atoms with Gasteiger partial charge < -0.3 is 0 Å². The number of rotatable bonds is 2. The third kappa shape index (κ3) is 2.93. The minimum absolute atomic E-state index is 0.508. The summed E-state index contributed by atoms with van der Waals surface area (Å²) in [5, 5.41) is 0. The monoisotopic (exact) mass is 292 g/mol. The maximum Gasteiger partial charge on any atom is 0.183 e. The first-order valence-corrected chi connectivity index (χ1v) is 5.47. The molecule has 0 aliphatic heterocycles. The second-order valence-electron chi connectivity index (χ2n) is 3.67. The molecule has 72 valence electrons. The molecule has 13 heavy (non-hydrogen) atoms. The van der Waals surface area contributed by atoms with Crippen molar-refractivity contribution in [1.82, 2.24) is 0 Å². The van der Waals surface area contributed by atoms with E-state index in [-0.39, 0.29) is 0 Å². The van der Waals surface area contributed by atoms with Gasteiger partial charge in [-0.1, -0.05) is 38.1 Å². The number of benzene rings is 1. The average molecular weight is 292 g/mol. The Kier molecular flexibility index (Phi) is 3.33. The lowest BCUT2D eigenvalue weighted by molar-refractivity contribution is 0.349. The zero-order valence-electron chi connectivity index (χ0n) is 8.14. The second kappa shape index (κ2) is 3.95. The maximum atomic E-state index is 13.4. The summed E-state index contributed by atoms with van der Waals surface area (Å²) in [5.74, 6) is 0.508. The van der Waals surface area contributed by atoms with Crippen molar-refractivity contribution in [3.05, 3.63) is 35.4 Å². The molecular weight excluding hydrogens is 278 g/mol. The predicted octanol–water partition coefficient (Wildman–Crippen LogP) is 4.39. The fraction of sp³-hybridized carbons (Fsp3) is 0.455. The zero-order valence-corrected chi connectivity index (χ0v) is 10.3. The summed E-state index contributed by atoms with van der Waals surface area (Å²) in [6.45, 7) is 5.83. The van der Waals surface area contributed by atoms with Gasteiger partial charge in [0.1, 0.15) is 0 Å². The van der Waals surface area contributed by atoms with Crippen LogP contribution in [-0.4, -0.2) is 0 Å². The summed E-state index contributed by atoms with van der Waals surface area (Å²) in [7, 11) is 0. The van der Waals surface area contributed by atoms with Gasteiger partial charge in [-0.2, -0.15) is 0 Å². The first-order chi connectivity index (χ1) is 5.91. The van der Waals surface area contributed by atoms with E-state index in [0.29, 0.717) is 5.92 Å². The lowest BCUT2D eigenvalue weighted by Crippen LogP contribution is -2.04. The van der Waals surface area contributed by atoms with Crippen molar-refractivity contribution in [3.8, 4) is 0 Å². The van der Waals surface area contributed by atoms with Crippen LogP contribution in [0.5, 0.6) is 0 Å². The van der Waals surface area contributed by atoms with Gasteiger partial charge in [-0.3, -0.25) is 0 Å². The molecule has 0 aliphatic carbocycles. The Balaban J connectivity index is 2.94. The van der Waals surface area contributed by atoms with Crippen LogP contribution in [0.3, 0.4) is 0 Å². The Labute approximate surface area is 92.7 Å². The highest BCUT2D eigenvalue weighted by Gasteiger charge is 2.20. The highest BCUT2D eigenvalue weighted by Crippen LogP contribution is 2.33. The predicted molar refractivity (Wildman–Crippen MR) is 63.0 cm³/mol. The third-order valence-electron chi connectivity index (χ3n) is 2.08. The summed E-state index contributed by atoms with van der Waals surface area (Å²) in [4.78, 5) is 0. The second-order valence-corrected chi connectivity index (χ2v) is 5.69. The Morgan fingerprint density at radius 3 is 2.00 bits per heavy atom. The summed E-state index contributed by atoms with van der Waals surface area (Å²) < 4.78 is 12.2. The van der Waals surface area contributed by atoms with Crippen LogP contribution < -0.4 is 0 Å². The van der Waals surface area contributed by atoms with Crippen molar-refractivity contribution < 1.29 is 4.39 Å². The van der Waals surface area contributed by atoms with Crippen LogP contribution in [0.15, 0.2) is 24.3 Å². The number of hydrogen-bond donors (Lipinski definition) is 0. The van der Waals surface area contributed by atoms with Crippen LogP contribution in [0.1, 0.15) is 37.8 Å². The molecule has 1 rings (SSSR count). The molecular formula is C11H14FI. The van der Waals surface area contributed by atoms with Gasteiger partial charge in [0.05, 0.1) is 0 Å². The fourth-order valence-corrected chi connectivity index (χ4v) is 1.52. The Hall–Kier alpha value is -0.120. The zero-order chi connectivity index (χ0) is 10.1. The standard InChI is InChI=1S/C11H14FI/c1-8(2)9-4-6-10(7-5-9)11(3,12)13/h4-8H,1-3H3/t11-/m0/s1. The first kappa shape index (κ1) is 11.0. The number of halogens is 2. The summed E-state index contributed by atoms with van der Waals surface area (Å²) in [5.41, 5.74) is 1.99. The number of hydrogen-bond acceptors (Lipinski definition) is 0. The van der Waals surface area contributed by atoms with Crippen LogP contribution in [0.2, 0.25) is 0 Å². The molecule has 0 fully saturated rings. The minimum Gasteiger partial charge on any atom is -0.227 e. The molecule has 0 aromatic heterocycles.